The van der Waals surface area contributed by atoms with Gasteiger partial charge in [0.15, 0.2) is 0 Å². The highest BCUT2D eigenvalue weighted by Gasteiger charge is 2.34. The minimum absolute atomic E-state index is 0.0814. The van der Waals surface area contributed by atoms with E-state index in [4.69, 9.17) is 11.6 Å². The number of carbonyl (C=O) groups excluding carboxylic acids is 2. The lowest BCUT2D eigenvalue weighted by molar-refractivity contribution is -0.140. The number of nitrogens with zero attached hydrogens (tertiary/aromatic N) is 2. The van der Waals surface area contributed by atoms with E-state index in [1.807, 2.05) is 45.0 Å². The standard InChI is InChI=1S/C33H40ClN3O4S/c1-4-30(33(39)35-28-11-7-5-8-12-28)36(22-26-16-18-27(34)19-17-26)32(38)23-37(31-20-15-24(2)21-25(31)3)42(40,41)29-13-9-6-10-14-29/h6,9-10,13-21,28,30H,4-5,7-8,11-12,22-23H2,1-3H3,(H,35,39)/t30-/m0/s1. The minimum Gasteiger partial charge on any atom is -0.352 e. The van der Waals surface area contributed by atoms with Gasteiger partial charge >= 0.3 is 0 Å². The smallest absolute Gasteiger partial charge is 0.264 e. The van der Waals surface area contributed by atoms with E-state index in [2.05, 4.69) is 5.32 Å². The Kier molecular flexibility index (Phi) is 10.7. The molecule has 0 bridgehead atoms. The molecule has 0 heterocycles. The lowest BCUT2D eigenvalue weighted by atomic mass is 9.95. The highest BCUT2D eigenvalue weighted by molar-refractivity contribution is 7.92. The van der Waals surface area contributed by atoms with Gasteiger partial charge in [0.2, 0.25) is 11.8 Å². The van der Waals surface area contributed by atoms with Crippen molar-refractivity contribution in [2.45, 2.75) is 82.8 Å². The van der Waals surface area contributed by atoms with Crippen LogP contribution in [0.5, 0.6) is 0 Å². The van der Waals surface area contributed by atoms with Crippen LogP contribution in [-0.2, 0) is 26.2 Å². The van der Waals surface area contributed by atoms with E-state index < -0.39 is 28.5 Å². The topological polar surface area (TPSA) is 86.8 Å². The fourth-order valence-corrected chi connectivity index (χ4v) is 7.19. The number of benzene rings is 3. The van der Waals surface area contributed by atoms with E-state index in [1.54, 1.807) is 36.4 Å². The number of carbonyl (C=O) groups is 2. The van der Waals surface area contributed by atoms with Crippen molar-refractivity contribution in [2.24, 2.45) is 0 Å². The molecule has 1 aliphatic carbocycles. The molecule has 1 atom stereocenters. The Morgan fingerprint density at radius 3 is 2.24 bits per heavy atom. The summed E-state index contributed by atoms with van der Waals surface area (Å²) in [7, 11) is -4.10. The predicted molar refractivity (Wildman–Crippen MR) is 168 cm³/mol. The Balaban J connectivity index is 1.72. The van der Waals surface area contributed by atoms with Crippen LogP contribution in [0.15, 0.2) is 77.7 Å². The average molecular weight is 610 g/mol. The van der Waals surface area contributed by atoms with Crippen LogP contribution in [-0.4, -0.2) is 43.8 Å². The Labute approximate surface area is 254 Å². The summed E-state index contributed by atoms with van der Waals surface area (Å²) in [6, 6.07) is 20.0. The molecule has 3 aromatic carbocycles. The van der Waals surface area contributed by atoms with Crippen molar-refractivity contribution in [2.75, 3.05) is 10.8 Å². The number of halogens is 1. The van der Waals surface area contributed by atoms with Crippen LogP contribution in [0.4, 0.5) is 5.69 Å². The Morgan fingerprint density at radius 1 is 0.952 bits per heavy atom. The van der Waals surface area contributed by atoms with Gasteiger partial charge in [-0.2, -0.15) is 0 Å². The van der Waals surface area contributed by atoms with Crippen molar-refractivity contribution in [3.8, 4) is 0 Å². The summed E-state index contributed by atoms with van der Waals surface area (Å²) >= 11 is 6.11. The van der Waals surface area contributed by atoms with Gasteiger partial charge < -0.3 is 10.2 Å². The second-order valence-corrected chi connectivity index (χ2v) is 13.3. The molecule has 1 N–H and O–H groups in total. The van der Waals surface area contributed by atoms with Gasteiger partial charge in [0.1, 0.15) is 12.6 Å². The van der Waals surface area contributed by atoms with Gasteiger partial charge in [-0.25, -0.2) is 8.42 Å². The van der Waals surface area contributed by atoms with Crippen LogP contribution in [0.25, 0.3) is 0 Å². The molecule has 1 saturated carbocycles. The van der Waals surface area contributed by atoms with Gasteiger partial charge in [-0.15, -0.1) is 0 Å². The van der Waals surface area contributed by atoms with Gasteiger partial charge in [-0.05, 0) is 74.6 Å². The monoisotopic (exact) mass is 609 g/mol. The third-order valence-corrected chi connectivity index (χ3v) is 9.86. The molecule has 0 aliphatic heterocycles. The number of hydrogen-bond donors (Lipinski definition) is 1. The third kappa shape index (κ3) is 7.72. The van der Waals surface area contributed by atoms with Gasteiger partial charge in [-0.3, -0.25) is 13.9 Å². The molecular formula is C33H40ClN3O4S. The Hall–Kier alpha value is -3.36. The molecule has 0 radical (unpaired) electrons. The number of sulfonamides is 1. The Bertz CT molecular complexity index is 1470. The van der Waals surface area contributed by atoms with Gasteiger partial charge in [0.05, 0.1) is 10.6 Å². The molecule has 7 nitrogen and oxygen atoms in total. The van der Waals surface area contributed by atoms with E-state index >= 15 is 0 Å². The van der Waals surface area contributed by atoms with Gasteiger partial charge in [-0.1, -0.05) is 85.8 Å². The maximum absolute atomic E-state index is 14.3. The fraction of sp³-hybridized carbons (Fsp3) is 0.394. The highest BCUT2D eigenvalue weighted by Crippen LogP contribution is 2.28. The zero-order valence-corrected chi connectivity index (χ0v) is 26.1. The van der Waals surface area contributed by atoms with Crippen molar-refractivity contribution in [3.63, 3.8) is 0 Å². The quantitative estimate of drug-likeness (QED) is 0.272. The molecule has 0 aromatic heterocycles. The van der Waals surface area contributed by atoms with Gasteiger partial charge in [0.25, 0.3) is 10.0 Å². The first kappa shape index (κ1) is 31.6. The molecule has 1 aliphatic rings. The molecular weight excluding hydrogens is 570 g/mol. The lowest BCUT2D eigenvalue weighted by Gasteiger charge is -2.34. The normalized spacial score (nSPS) is 14.7. The number of hydrogen-bond acceptors (Lipinski definition) is 4. The van der Waals surface area contributed by atoms with Gasteiger partial charge in [0, 0.05) is 17.6 Å². The molecule has 2 amide bonds. The van der Waals surface area contributed by atoms with E-state index in [1.165, 1.54) is 21.3 Å². The largest absolute Gasteiger partial charge is 0.352 e. The van der Waals surface area contributed by atoms with Crippen LogP contribution >= 0.6 is 11.6 Å². The lowest BCUT2D eigenvalue weighted by Crippen LogP contribution is -2.54. The summed E-state index contributed by atoms with van der Waals surface area (Å²) in [6.45, 7) is 5.32. The molecule has 224 valence electrons. The maximum atomic E-state index is 14.3. The molecule has 3 aromatic rings. The first-order valence-electron chi connectivity index (χ1n) is 14.6. The fourth-order valence-electron chi connectivity index (χ4n) is 5.57. The highest BCUT2D eigenvalue weighted by atomic mass is 35.5. The van der Waals surface area contributed by atoms with E-state index in [0.717, 1.165) is 48.8 Å². The van der Waals surface area contributed by atoms with Crippen LogP contribution in [0.1, 0.15) is 62.1 Å². The third-order valence-electron chi connectivity index (χ3n) is 7.83. The summed E-state index contributed by atoms with van der Waals surface area (Å²) in [5, 5.41) is 3.73. The van der Waals surface area contributed by atoms with Crippen molar-refractivity contribution < 1.29 is 18.0 Å². The van der Waals surface area contributed by atoms with Crippen LogP contribution in [0, 0.1) is 13.8 Å². The van der Waals surface area contributed by atoms with E-state index in [0.29, 0.717) is 17.1 Å². The van der Waals surface area contributed by atoms with Crippen LogP contribution in [0.2, 0.25) is 5.02 Å². The van der Waals surface area contributed by atoms with Crippen LogP contribution in [0.3, 0.4) is 0 Å². The zero-order valence-electron chi connectivity index (χ0n) is 24.6. The zero-order chi connectivity index (χ0) is 30.3. The molecule has 1 fully saturated rings. The molecule has 0 unspecified atom stereocenters. The van der Waals surface area contributed by atoms with Crippen molar-refractivity contribution in [3.05, 3.63) is 94.5 Å². The summed E-state index contributed by atoms with van der Waals surface area (Å²) < 4.78 is 29.2. The SMILES string of the molecule is CC[C@@H](C(=O)NC1CCCCC1)N(Cc1ccc(Cl)cc1)C(=O)CN(c1ccc(C)cc1C)S(=O)(=O)c1ccccc1. The minimum atomic E-state index is -4.10. The predicted octanol–water partition coefficient (Wildman–Crippen LogP) is 6.41. The second-order valence-electron chi connectivity index (χ2n) is 11.0. The summed E-state index contributed by atoms with van der Waals surface area (Å²) in [4.78, 5) is 29.5. The molecule has 0 saturated heterocycles. The molecule has 42 heavy (non-hydrogen) atoms. The average Bonchev–Trinajstić information content (AvgIpc) is 2.98. The summed E-state index contributed by atoms with van der Waals surface area (Å²) in [5.74, 6) is -0.675. The second kappa shape index (κ2) is 14.2. The molecule has 4 rings (SSSR count). The van der Waals surface area contributed by atoms with E-state index in [9.17, 15) is 18.0 Å². The van der Waals surface area contributed by atoms with E-state index in [-0.39, 0.29) is 23.4 Å². The number of amides is 2. The number of rotatable bonds is 11. The summed E-state index contributed by atoms with van der Waals surface area (Å²) in [5.41, 5.74) is 2.92. The Morgan fingerprint density at radius 2 is 1.62 bits per heavy atom. The first-order chi connectivity index (χ1) is 20.1. The summed E-state index contributed by atoms with van der Waals surface area (Å²) in [6.07, 6.45) is 5.52. The maximum Gasteiger partial charge on any atom is 0.264 e. The first-order valence-corrected chi connectivity index (χ1v) is 16.4. The van der Waals surface area contributed by atoms with Crippen LogP contribution < -0.4 is 9.62 Å². The molecule has 0 spiro atoms. The van der Waals surface area contributed by atoms with Crippen molar-refractivity contribution in [1.82, 2.24) is 10.2 Å². The van der Waals surface area contributed by atoms with Crippen molar-refractivity contribution in [1.29, 1.82) is 0 Å². The number of aryl methyl sites for hydroxylation is 2. The molecule has 9 heteroatoms. The number of anilines is 1. The number of nitrogens with one attached hydrogen (secondary N) is 1. The van der Waals surface area contributed by atoms with Crippen molar-refractivity contribution >= 4 is 39.1 Å².